The van der Waals surface area contributed by atoms with Gasteiger partial charge in [-0.3, -0.25) is 14.6 Å². The molecule has 174 valence electrons. The number of benzene rings is 2. The molecule has 1 aliphatic rings. The molecule has 1 unspecified atom stereocenters. The maximum absolute atomic E-state index is 13.3. The van der Waals surface area contributed by atoms with Crippen LogP contribution in [0.25, 0.3) is 11.4 Å². The molecule has 1 N–H and O–H groups in total. The standard InChI is InChI=1S/C28H24N4O3/c1-18-10-12-21(13-11-18)25-24(27(34)28(35)31(25)17-20-7-6-14-29-15-20)26(33)23-16-30-32(19(23)2)22-8-4-3-5-9-22/h3-16,25,33H,17H2,1-2H3. The minimum atomic E-state index is -0.740. The fourth-order valence-electron chi connectivity index (χ4n) is 4.44. The van der Waals surface area contributed by atoms with E-state index in [0.29, 0.717) is 11.3 Å². The van der Waals surface area contributed by atoms with E-state index in [1.54, 1.807) is 23.1 Å². The largest absolute Gasteiger partial charge is 0.507 e. The van der Waals surface area contributed by atoms with Crippen molar-refractivity contribution in [1.82, 2.24) is 19.7 Å². The van der Waals surface area contributed by atoms with E-state index in [2.05, 4.69) is 10.1 Å². The van der Waals surface area contributed by atoms with E-state index in [-0.39, 0.29) is 17.9 Å². The highest BCUT2D eigenvalue weighted by atomic mass is 16.3. The van der Waals surface area contributed by atoms with Crippen LogP contribution < -0.4 is 0 Å². The quantitative estimate of drug-likeness (QED) is 0.267. The lowest BCUT2D eigenvalue weighted by atomic mass is 9.94. The lowest BCUT2D eigenvalue weighted by Gasteiger charge is -2.25. The zero-order chi connectivity index (χ0) is 24.5. The fraction of sp³-hybridized carbons (Fsp3) is 0.143. The first-order valence-corrected chi connectivity index (χ1v) is 11.3. The molecule has 1 saturated heterocycles. The van der Waals surface area contributed by atoms with Gasteiger partial charge >= 0.3 is 0 Å². The lowest BCUT2D eigenvalue weighted by Crippen LogP contribution is -2.29. The number of amides is 1. The van der Waals surface area contributed by atoms with E-state index >= 15 is 0 Å². The van der Waals surface area contributed by atoms with Gasteiger partial charge in [-0.25, -0.2) is 4.68 Å². The fourth-order valence-corrected chi connectivity index (χ4v) is 4.44. The van der Waals surface area contributed by atoms with Crippen LogP contribution in [0.1, 0.15) is 34.0 Å². The molecule has 2 aromatic carbocycles. The molecule has 7 nitrogen and oxygen atoms in total. The monoisotopic (exact) mass is 464 g/mol. The van der Waals surface area contributed by atoms with Crippen molar-refractivity contribution in [3.05, 3.63) is 119 Å². The number of rotatable bonds is 5. The lowest BCUT2D eigenvalue weighted by molar-refractivity contribution is -0.140. The molecule has 1 amide bonds. The van der Waals surface area contributed by atoms with Gasteiger partial charge in [0.15, 0.2) is 0 Å². The molecule has 0 aliphatic carbocycles. The van der Waals surface area contributed by atoms with Crippen LogP contribution >= 0.6 is 0 Å². The highest BCUT2D eigenvalue weighted by molar-refractivity contribution is 6.46. The van der Waals surface area contributed by atoms with E-state index < -0.39 is 17.7 Å². The predicted molar refractivity (Wildman–Crippen MR) is 132 cm³/mol. The van der Waals surface area contributed by atoms with Crippen LogP contribution in [-0.2, 0) is 16.1 Å². The Bertz CT molecular complexity index is 1420. The number of pyridine rings is 1. The second-order valence-electron chi connectivity index (χ2n) is 8.59. The first-order chi connectivity index (χ1) is 17.0. The molecule has 0 saturated carbocycles. The van der Waals surface area contributed by atoms with E-state index in [1.165, 1.54) is 11.1 Å². The van der Waals surface area contributed by atoms with Gasteiger partial charge in [0.1, 0.15) is 5.76 Å². The van der Waals surface area contributed by atoms with Gasteiger partial charge in [-0.05, 0) is 43.2 Å². The van der Waals surface area contributed by atoms with Crippen LogP contribution in [0.3, 0.4) is 0 Å². The van der Waals surface area contributed by atoms with E-state index in [4.69, 9.17) is 0 Å². The Labute approximate surface area is 203 Å². The van der Waals surface area contributed by atoms with E-state index in [1.807, 2.05) is 74.5 Å². The molecule has 3 heterocycles. The van der Waals surface area contributed by atoms with Crippen molar-refractivity contribution in [1.29, 1.82) is 0 Å². The summed E-state index contributed by atoms with van der Waals surface area (Å²) in [6.07, 6.45) is 4.85. The van der Waals surface area contributed by atoms with Crippen LogP contribution in [-0.4, -0.2) is 36.5 Å². The summed E-state index contributed by atoms with van der Waals surface area (Å²) >= 11 is 0. The van der Waals surface area contributed by atoms with Crippen LogP contribution in [0.2, 0.25) is 0 Å². The third kappa shape index (κ3) is 4.01. The van der Waals surface area contributed by atoms with Gasteiger partial charge in [0.05, 0.1) is 34.8 Å². The Morgan fingerprint density at radius 1 is 0.943 bits per heavy atom. The summed E-state index contributed by atoms with van der Waals surface area (Å²) < 4.78 is 1.70. The van der Waals surface area contributed by atoms with Crippen molar-refractivity contribution in [2.45, 2.75) is 26.4 Å². The SMILES string of the molecule is Cc1ccc(C2C(=C(O)c3cnn(-c4ccccc4)c3C)C(=O)C(=O)N2Cc2cccnc2)cc1. The molecule has 1 aliphatic heterocycles. The van der Waals surface area contributed by atoms with Gasteiger partial charge < -0.3 is 10.0 Å². The van der Waals surface area contributed by atoms with Gasteiger partial charge in [0.2, 0.25) is 0 Å². The Morgan fingerprint density at radius 2 is 1.69 bits per heavy atom. The number of hydrogen-bond donors (Lipinski definition) is 1. The summed E-state index contributed by atoms with van der Waals surface area (Å²) in [4.78, 5) is 32.1. The van der Waals surface area contributed by atoms with Gasteiger partial charge in [-0.15, -0.1) is 0 Å². The number of carbonyl (C=O) groups excluding carboxylic acids is 2. The highest BCUT2D eigenvalue weighted by Gasteiger charge is 2.46. The average molecular weight is 465 g/mol. The number of aryl methyl sites for hydroxylation is 1. The molecule has 35 heavy (non-hydrogen) atoms. The predicted octanol–water partition coefficient (Wildman–Crippen LogP) is 4.51. The normalized spacial score (nSPS) is 17.2. The minimum absolute atomic E-state index is 0.0541. The topological polar surface area (TPSA) is 88.3 Å². The third-order valence-electron chi connectivity index (χ3n) is 6.27. The van der Waals surface area contributed by atoms with Crippen molar-refractivity contribution in [2.24, 2.45) is 0 Å². The molecule has 5 rings (SSSR count). The summed E-state index contributed by atoms with van der Waals surface area (Å²) in [5.74, 6) is -1.61. The second kappa shape index (κ2) is 9.02. The molecule has 7 heteroatoms. The number of ketones is 1. The third-order valence-corrected chi connectivity index (χ3v) is 6.27. The van der Waals surface area contributed by atoms with Gasteiger partial charge in [0, 0.05) is 18.9 Å². The second-order valence-corrected chi connectivity index (χ2v) is 8.59. The molecular weight excluding hydrogens is 440 g/mol. The Kier molecular flexibility index (Phi) is 5.74. The van der Waals surface area contributed by atoms with E-state index in [9.17, 15) is 14.7 Å². The maximum atomic E-state index is 13.3. The summed E-state index contributed by atoms with van der Waals surface area (Å²) in [6, 6.07) is 20.0. The molecule has 1 atom stereocenters. The number of para-hydroxylation sites is 1. The first kappa shape index (κ1) is 22.3. The highest BCUT2D eigenvalue weighted by Crippen LogP contribution is 2.40. The van der Waals surface area contributed by atoms with Crippen LogP contribution in [0.5, 0.6) is 0 Å². The van der Waals surface area contributed by atoms with Crippen LogP contribution in [0, 0.1) is 13.8 Å². The van der Waals surface area contributed by atoms with Gasteiger partial charge in [0.25, 0.3) is 11.7 Å². The zero-order valence-electron chi connectivity index (χ0n) is 19.4. The summed E-state index contributed by atoms with van der Waals surface area (Å²) in [5.41, 5.74) is 4.54. The van der Waals surface area contributed by atoms with Crippen molar-refractivity contribution in [3.8, 4) is 5.69 Å². The smallest absolute Gasteiger partial charge is 0.295 e. The number of aromatic nitrogens is 3. The Morgan fingerprint density at radius 3 is 2.37 bits per heavy atom. The first-order valence-electron chi connectivity index (χ1n) is 11.3. The number of nitrogens with zero attached hydrogens (tertiary/aromatic N) is 4. The van der Waals surface area contributed by atoms with Crippen LogP contribution in [0.4, 0.5) is 0 Å². The summed E-state index contributed by atoms with van der Waals surface area (Å²) in [7, 11) is 0. The average Bonchev–Trinajstić information content (AvgIpc) is 3.38. The zero-order valence-corrected chi connectivity index (χ0v) is 19.4. The molecule has 2 aromatic heterocycles. The number of Topliss-reactive ketones (excluding diaryl/α,β-unsaturated/α-hetero) is 1. The van der Waals surface area contributed by atoms with Crippen molar-refractivity contribution >= 4 is 17.4 Å². The molecule has 0 bridgehead atoms. The molecule has 0 spiro atoms. The van der Waals surface area contributed by atoms with Crippen molar-refractivity contribution in [3.63, 3.8) is 0 Å². The molecular formula is C28H24N4O3. The number of carbonyl (C=O) groups is 2. The van der Waals surface area contributed by atoms with Crippen molar-refractivity contribution < 1.29 is 14.7 Å². The summed E-state index contributed by atoms with van der Waals surface area (Å²) in [6.45, 7) is 3.98. The number of likely N-dealkylation sites (tertiary alicyclic amines) is 1. The minimum Gasteiger partial charge on any atom is -0.507 e. The van der Waals surface area contributed by atoms with Crippen LogP contribution in [0.15, 0.2) is 90.9 Å². The summed E-state index contributed by atoms with van der Waals surface area (Å²) in [5, 5.41) is 15.9. The molecule has 0 radical (unpaired) electrons. The number of aliphatic hydroxyl groups excluding tert-OH is 1. The van der Waals surface area contributed by atoms with Gasteiger partial charge in [-0.2, -0.15) is 5.10 Å². The number of aliphatic hydroxyl groups is 1. The molecule has 4 aromatic rings. The number of hydrogen-bond acceptors (Lipinski definition) is 5. The van der Waals surface area contributed by atoms with Crippen molar-refractivity contribution in [2.75, 3.05) is 0 Å². The Hall–Kier alpha value is -4.52. The van der Waals surface area contributed by atoms with Gasteiger partial charge in [-0.1, -0.05) is 54.1 Å². The maximum Gasteiger partial charge on any atom is 0.295 e. The Balaban J connectivity index is 1.64. The molecule has 1 fully saturated rings. The van der Waals surface area contributed by atoms with E-state index in [0.717, 1.165) is 22.4 Å².